The Morgan fingerprint density at radius 1 is 1.29 bits per heavy atom. The first-order valence-corrected chi connectivity index (χ1v) is 4.21. The Labute approximate surface area is 87.0 Å². The SMILES string of the molecule is COc1c(C#N)nc(C)c(Cl)c1OC. The third-order valence-electron chi connectivity index (χ3n) is 1.73. The monoisotopic (exact) mass is 212 g/mol. The second kappa shape index (κ2) is 4.16. The number of hydrogen-bond acceptors (Lipinski definition) is 4. The Morgan fingerprint density at radius 3 is 2.29 bits per heavy atom. The third kappa shape index (κ3) is 1.59. The molecule has 5 heteroatoms. The summed E-state index contributed by atoms with van der Waals surface area (Å²) in [6.45, 7) is 1.70. The van der Waals surface area contributed by atoms with Crippen LogP contribution in [0.2, 0.25) is 5.02 Å². The number of rotatable bonds is 2. The lowest BCUT2D eigenvalue weighted by Crippen LogP contribution is -1.99. The van der Waals surface area contributed by atoms with Crippen molar-refractivity contribution in [3.05, 3.63) is 16.4 Å². The molecule has 0 aliphatic rings. The highest BCUT2D eigenvalue weighted by atomic mass is 35.5. The summed E-state index contributed by atoms with van der Waals surface area (Å²) in [5, 5.41) is 9.16. The number of nitrogens with zero attached hydrogens (tertiary/aromatic N) is 2. The number of halogens is 1. The van der Waals surface area contributed by atoms with E-state index in [9.17, 15) is 0 Å². The number of nitriles is 1. The Morgan fingerprint density at radius 2 is 1.86 bits per heavy atom. The van der Waals surface area contributed by atoms with Crippen molar-refractivity contribution >= 4 is 11.6 Å². The van der Waals surface area contributed by atoms with Crippen molar-refractivity contribution in [1.82, 2.24) is 4.98 Å². The Kier molecular flexibility index (Phi) is 3.15. The van der Waals surface area contributed by atoms with Gasteiger partial charge in [0.2, 0.25) is 0 Å². The van der Waals surface area contributed by atoms with Crippen molar-refractivity contribution in [1.29, 1.82) is 5.26 Å². The highest BCUT2D eigenvalue weighted by Crippen LogP contribution is 2.37. The average molecular weight is 213 g/mol. The Hall–Kier alpha value is -1.47. The van der Waals surface area contributed by atoms with Crippen LogP contribution in [0.5, 0.6) is 11.5 Å². The molecule has 0 aliphatic carbocycles. The highest BCUT2D eigenvalue weighted by molar-refractivity contribution is 6.32. The molecule has 0 bridgehead atoms. The molecule has 0 spiro atoms. The fourth-order valence-corrected chi connectivity index (χ4v) is 1.29. The molecule has 4 nitrogen and oxygen atoms in total. The number of ether oxygens (including phenoxy) is 2. The molecule has 0 radical (unpaired) electrons. The fourth-order valence-electron chi connectivity index (χ4n) is 1.09. The summed E-state index contributed by atoms with van der Waals surface area (Å²) in [5.74, 6) is 0.615. The van der Waals surface area contributed by atoms with Crippen molar-refractivity contribution in [2.24, 2.45) is 0 Å². The van der Waals surface area contributed by atoms with Crippen molar-refractivity contribution in [3.63, 3.8) is 0 Å². The Bertz CT molecular complexity index is 399. The van der Waals surface area contributed by atoms with Gasteiger partial charge >= 0.3 is 0 Å². The first-order chi connectivity index (χ1) is 6.65. The van der Waals surface area contributed by atoms with Crippen molar-refractivity contribution in [3.8, 4) is 17.6 Å². The predicted octanol–water partition coefficient (Wildman–Crippen LogP) is 1.93. The first kappa shape index (κ1) is 10.6. The molecule has 0 atom stereocenters. The quantitative estimate of drug-likeness (QED) is 0.752. The van der Waals surface area contributed by atoms with Gasteiger partial charge in [-0.25, -0.2) is 4.98 Å². The maximum absolute atomic E-state index is 8.79. The average Bonchev–Trinajstić information content (AvgIpc) is 2.20. The molecule has 0 N–H and O–H groups in total. The second-order valence-electron chi connectivity index (χ2n) is 2.54. The minimum Gasteiger partial charge on any atom is -0.491 e. The largest absolute Gasteiger partial charge is 0.491 e. The van der Waals surface area contributed by atoms with E-state index in [-0.39, 0.29) is 11.4 Å². The van der Waals surface area contributed by atoms with Crippen LogP contribution in [0, 0.1) is 18.3 Å². The van der Waals surface area contributed by atoms with E-state index in [4.69, 9.17) is 26.3 Å². The summed E-state index contributed by atoms with van der Waals surface area (Å²) >= 11 is 5.93. The first-order valence-electron chi connectivity index (χ1n) is 3.83. The van der Waals surface area contributed by atoms with Crippen LogP contribution in [0.1, 0.15) is 11.4 Å². The van der Waals surface area contributed by atoms with Gasteiger partial charge in [0.1, 0.15) is 11.1 Å². The zero-order valence-corrected chi connectivity index (χ0v) is 8.84. The Balaban J connectivity index is 3.52. The third-order valence-corrected chi connectivity index (χ3v) is 2.18. The molecule has 0 saturated carbocycles. The minimum atomic E-state index is 0.172. The predicted molar refractivity (Wildman–Crippen MR) is 51.8 cm³/mol. The normalized spacial score (nSPS) is 9.36. The van der Waals surface area contributed by atoms with Crippen LogP contribution in [0.4, 0.5) is 0 Å². The number of hydrogen-bond donors (Lipinski definition) is 0. The van der Waals surface area contributed by atoms with E-state index in [1.54, 1.807) is 6.92 Å². The summed E-state index contributed by atoms with van der Waals surface area (Å²) < 4.78 is 10.0. The van der Waals surface area contributed by atoms with Crippen molar-refractivity contribution in [2.75, 3.05) is 14.2 Å². The van der Waals surface area contributed by atoms with Gasteiger partial charge in [0.15, 0.2) is 17.2 Å². The molecule has 0 aliphatic heterocycles. The maximum atomic E-state index is 8.79. The summed E-state index contributed by atoms with van der Waals surface area (Å²) in [5.41, 5.74) is 0.715. The van der Waals surface area contributed by atoms with Gasteiger partial charge in [-0.2, -0.15) is 5.26 Å². The number of methoxy groups -OCH3 is 2. The molecule has 1 aromatic heterocycles. The molecular formula is C9H9ClN2O2. The van der Waals surface area contributed by atoms with Crippen LogP contribution >= 0.6 is 11.6 Å². The van der Waals surface area contributed by atoms with E-state index >= 15 is 0 Å². The van der Waals surface area contributed by atoms with E-state index in [0.29, 0.717) is 16.5 Å². The van der Waals surface area contributed by atoms with Gasteiger partial charge in [-0.15, -0.1) is 0 Å². The minimum absolute atomic E-state index is 0.172. The maximum Gasteiger partial charge on any atom is 0.199 e. The standard InChI is InChI=1S/C9H9ClN2O2/c1-5-7(10)9(14-3)8(13-2)6(4-11)12-5/h1-3H3. The fraction of sp³-hybridized carbons (Fsp3) is 0.333. The molecule has 0 unspecified atom stereocenters. The van der Waals surface area contributed by atoms with Gasteiger partial charge < -0.3 is 9.47 Å². The molecule has 0 aromatic carbocycles. The summed E-state index contributed by atoms with van der Waals surface area (Å²) in [6.07, 6.45) is 0. The summed E-state index contributed by atoms with van der Waals surface area (Å²) in [6, 6.07) is 1.91. The number of pyridine rings is 1. The van der Waals surface area contributed by atoms with Gasteiger partial charge in [0.05, 0.1) is 19.9 Å². The number of aromatic nitrogens is 1. The lowest BCUT2D eigenvalue weighted by Gasteiger charge is -2.11. The summed E-state index contributed by atoms with van der Waals surface area (Å²) in [7, 11) is 2.90. The molecule has 1 heterocycles. The molecule has 1 aromatic rings. The van der Waals surface area contributed by atoms with E-state index in [2.05, 4.69) is 4.98 Å². The van der Waals surface area contributed by atoms with Crippen molar-refractivity contribution in [2.45, 2.75) is 6.92 Å². The van der Waals surface area contributed by atoms with Crippen LogP contribution < -0.4 is 9.47 Å². The number of aryl methyl sites for hydroxylation is 1. The van der Waals surface area contributed by atoms with Gasteiger partial charge in [-0.1, -0.05) is 11.6 Å². The van der Waals surface area contributed by atoms with Gasteiger partial charge in [0.25, 0.3) is 0 Å². The van der Waals surface area contributed by atoms with Crippen LogP contribution in [0.15, 0.2) is 0 Å². The smallest absolute Gasteiger partial charge is 0.199 e. The van der Waals surface area contributed by atoms with Crippen molar-refractivity contribution < 1.29 is 9.47 Å². The molecular weight excluding hydrogens is 204 g/mol. The van der Waals surface area contributed by atoms with Gasteiger partial charge in [-0.05, 0) is 6.92 Å². The van der Waals surface area contributed by atoms with E-state index < -0.39 is 0 Å². The van der Waals surface area contributed by atoms with Gasteiger partial charge in [0, 0.05) is 0 Å². The zero-order chi connectivity index (χ0) is 10.7. The zero-order valence-electron chi connectivity index (χ0n) is 8.09. The van der Waals surface area contributed by atoms with Crippen LogP contribution in [-0.4, -0.2) is 19.2 Å². The molecule has 0 saturated heterocycles. The van der Waals surface area contributed by atoms with Gasteiger partial charge in [-0.3, -0.25) is 0 Å². The lowest BCUT2D eigenvalue weighted by atomic mass is 10.2. The van der Waals surface area contributed by atoms with Crippen LogP contribution in [0.3, 0.4) is 0 Å². The lowest BCUT2D eigenvalue weighted by molar-refractivity contribution is 0.352. The van der Waals surface area contributed by atoms with Crippen LogP contribution in [0.25, 0.3) is 0 Å². The molecule has 74 valence electrons. The van der Waals surface area contributed by atoms with E-state index in [1.165, 1.54) is 14.2 Å². The topological polar surface area (TPSA) is 55.1 Å². The van der Waals surface area contributed by atoms with E-state index in [0.717, 1.165) is 0 Å². The molecule has 0 amide bonds. The molecule has 0 fully saturated rings. The summed E-state index contributed by atoms with van der Waals surface area (Å²) in [4.78, 5) is 3.97. The van der Waals surface area contributed by atoms with E-state index in [1.807, 2.05) is 6.07 Å². The second-order valence-corrected chi connectivity index (χ2v) is 2.92. The van der Waals surface area contributed by atoms with Crippen LogP contribution in [-0.2, 0) is 0 Å². The highest BCUT2D eigenvalue weighted by Gasteiger charge is 2.17. The molecule has 1 rings (SSSR count). The molecule has 14 heavy (non-hydrogen) atoms.